The van der Waals surface area contributed by atoms with Gasteiger partial charge in [0.2, 0.25) is 5.88 Å². The molecule has 3 heterocycles. The number of pyridine rings is 2. The first-order valence-electron chi connectivity index (χ1n) is 7.73. The van der Waals surface area contributed by atoms with Crippen molar-refractivity contribution in [1.82, 2.24) is 9.97 Å². The Morgan fingerprint density at radius 3 is 2.83 bits per heavy atom. The lowest BCUT2D eigenvalue weighted by Crippen LogP contribution is -2.43. The normalized spacial score (nSPS) is 23.9. The first-order valence-corrected chi connectivity index (χ1v) is 7.73. The van der Waals surface area contributed by atoms with E-state index >= 15 is 0 Å². The molecule has 8 heteroatoms. The third kappa shape index (κ3) is 3.18. The first kappa shape index (κ1) is 17.0. The molecular weight excluding hydrogens is 317 g/mol. The Labute approximate surface area is 138 Å². The van der Waals surface area contributed by atoms with Crippen LogP contribution in [0.5, 0.6) is 5.88 Å². The summed E-state index contributed by atoms with van der Waals surface area (Å²) in [4.78, 5) is 8.11. The van der Waals surface area contributed by atoms with Crippen LogP contribution in [0.1, 0.15) is 24.5 Å². The molecule has 1 aliphatic rings. The van der Waals surface area contributed by atoms with Crippen molar-refractivity contribution in [3.05, 3.63) is 29.7 Å². The van der Waals surface area contributed by atoms with Crippen LogP contribution < -0.4 is 10.5 Å². The molecule has 0 aliphatic carbocycles. The van der Waals surface area contributed by atoms with Gasteiger partial charge in [0.25, 0.3) is 0 Å². The second-order valence-electron chi connectivity index (χ2n) is 5.89. The molecule has 0 amide bonds. The van der Waals surface area contributed by atoms with Crippen molar-refractivity contribution in [2.75, 3.05) is 13.7 Å². The summed E-state index contributed by atoms with van der Waals surface area (Å²) in [5, 5.41) is 21.0. The number of nitrogens with zero attached hydrogens (tertiary/aromatic N) is 2. The third-order valence-electron chi connectivity index (χ3n) is 4.23. The standard InChI is InChI=1S/C16H20FN3O4/c1-23-12-5-3-10-14(20-12)13(9(17)6-19-10)16(22)15(21)11-4-2-8(18)7-24-11/h3,5-6,8,11,15-16,21-22H,2,4,7,18H2,1H3/t8-,11+,15+,16-/m1/s1. The number of methoxy groups -OCH3 is 1. The molecule has 1 saturated heterocycles. The van der Waals surface area contributed by atoms with Crippen LogP contribution in [-0.4, -0.2) is 52.1 Å². The molecule has 3 rings (SSSR count). The van der Waals surface area contributed by atoms with Crippen LogP contribution in [0.25, 0.3) is 11.0 Å². The minimum Gasteiger partial charge on any atom is -0.481 e. The van der Waals surface area contributed by atoms with Gasteiger partial charge in [-0.2, -0.15) is 0 Å². The van der Waals surface area contributed by atoms with Crippen LogP contribution in [0.2, 0.25) is 0 Å². The summed E-state index contributed by atoms with van der Waals surface area (Å²) < 4.78 is 24.8. The molecule has 7 nitrogen and oxygen atoms in total. The summed E-state index contributed by atoms with van der Waals surface area (Å²) in [5.74, 6) is -0.486. The fourth-order valence-electron chi connectivity index (χ4n) is 2.88. The van der Waals surface area contributed by atoms with Crippen LogP contribution in [0.3, 0.4) is 0 Å². The number of hydrogen-bond acceptors (Lipinski definition) is 7. The van der Waals surface area contributed by atoms with Gasteiger partial charge in [-0.05, 0) is 18.9 Å². The molecule has 0 unspecified atom stereocenters. The Hall–Kier alpha value is -1.87. The van der Waals surface area contributed by atoms with Crippen molar-refractivity contribution < 1.29 is 24.1 Å². The van der Waals surface area contributed by atoms with E-state index < -0.39 is 24.1 Å². The lowest BCUT2D eigenvalue weighted by molar-refractivity contribution is -0.111. The van der Waals surface area contributed by atoms with Crippen molar-refractivity contribution in [1.29, 1.82) is 0 Å². The van der Waals surface area contributed by atoms with Gasteiger partial charge in [-0.3, -0.25) is 4.98 Å². The average Bonchev–Trinajstić information content (AvgIpc) is 2.60. The number of halogens is 1. The number of hydrogen-bond donors (Lipinski definition) is 3. The Balaban J connectivity index is 1.96. The summed E-state index contributed by atoms with van der Waals surface area (Å²) in [6.45, 7) is 0.292. The van der Waals surface area contributed by atoms with Gasteiger partial charge in [-0.15, -0.1) is 0 Å². The van der Waals surface area contributed by atoms with Gasteiger partial charge in [-0.25, -0.2) is 9.37 Å². The van der Waals surface area contributed by atoms with Gasteiger partial charge in [0.05, 0.1) is 31.5 Å². The highest BCUT2D eigenvalue weighted by Crippen LogP contribution is 2.31. The molecule has 130 valence electrons. The SMILES string of the molecule is COc1ccc2ncc(F)c([C@@H](O)[C@@H](O)[C@@H]3CC[C@@H](N)CO3)c2n1. The fraction of sp³-hybridized carbons (Fsp3) is 0.500. The summed E-state index contributed by atoms with van der Waals surface area (Å²) in [7, 11) is 1.44. The van der Waals surface area contributed by atoms with E-state index in [1.807, 2.05) is 0 Å². The van der Waals surface area contributed by atoms with E-state index in [0.717, 1.165) is 6.20 Å². The Kier molecular flexibility index (Phi) is 4.91. The van der Waals surface area contributed by atoms with E-state index in [0.29, 0.717) is 25.0 Å². The minimum absolute atomic E-state index is 0.0880. The summed E-state index contributed by atoms with van der Waals surface area (Å²) in [5.41, 5.74) is 6.17. The van der Waals surface area contributed by atoms with E-state index in [2.05, 4.69) is 9.97 Å². The predicted molar refractivity (Wildman–Crippen MR) is 84.0 cm³/mol. The summed E-state index contributed by atoms with van der Waals surface area (Å²) in [6.07, 6.45) is -1.27. The van der Waals surface area contributed by atoms with Gasteiger partial charge >= 0.3 is 0 Å². The molecule has 2 aromatic heterocycles. The number of nitrogens with two attached hydrogens (primary N) is 1. The van der Waals surface area contributed by atoms with Crippen molar-refractivity contribution >= 4 is 11.0 Å². The van der Waals surface area contributed by atoms with Crippen molar-refractivity contribution in [2.45, 2.75) is 37.2 Å². The van der Waals surface area contributed by atoms with Gasteiger partial charge in [-0.1, -0.05) is 0 Å². The molecule has 0 spiro atoms. The molecule has 0 aromatic carbocycles. The van der Waals surface area contributed by atoms with Crippen LogP contribution in [0.15, 0.2) is 18.3 Å². The second kappa shape index (κ2) is 6.94. The van der Waals surface area contributed by atoms with Gasteiger partial charge < -0.3 is 25.4 Å². The molecule has 0 bridgehead atoms. The molecular formula is C16H20FN3O4. The summed E-state index contributed by atoms with van der Waals surface area (Å²) in [6, 6.07) is 3.11. The molecule has 0 radical (unpaired) electrons. The van der Waals surface area contributed by atoms with E-state index in [1.165, 1.54) is 7.11 Å². The van der Waals surface area contributed by atoms with E-state index in [-0.39, 0.29) is 23.0 Å². The van der Waals surface area contributed by atoms with Crippen molar-refractivity contribution in [3.63, 3.8) is 0 Å². The maximum absolute atomic E-state index is 14.3. The highest BCUT2D eigenvalue weighted by molar-refractivity contribution is 5.78. The highest BCUT2D eigenvalue weighted by Gasteiger charge is 2.34. The molecule has 1 fully saturated rings. The van der Waals surface area contributed by atoms with Crippen molar-refractivity contribution in [2.24, 2.45) is 5.73 Å². The molecule has 1 aliphatic heterocycles. The third-order valence-corrected chi connectivity index (χ3v) is 4.23. The van der Waals surface area contributed by atoms with Gasteiger partial charge in [0.1, 0.15) is 23.5 Å². The summed E-state index contributed by atoms with van der Waals surface area (Å²) >= 11 is 0. The lowest BCUT2D eigenvalue weighted by Gasteiger charge is -2.32. The van der Waals surface area contributed by atoms with E-state index in [4.69, 9.17) is 15.2 Å². The Bertz CT molecular complexity index is 722. The molecule has 0 saturated carbocycles. The van der Waals surface area contributed by atoms with Crippen LogP contribution in [0.4, 0.5) is 4.39 Å². The molecule has 24 heavy (non-hydrogen) atoms. The maximum atomic E-state index is 14.3. The largest absolute Gasteiger partial charge is 0.481 e. The highest BCUT2D eigenvalue weighted by atomic mass is 19.1. The zero-order valence-corrected chi connectivity index (χ0v) is 13.2. The van der Waals surface area contributed by atoms with E-state index in [9.17, 15) is 14.6 Å². The smallest absolute Gasteiger partial charge is 0.213 e. The minimum atomic E-state index is -1.51. The van der Waals surface area contributed by atoms with Gasteiger partial charge in [0.15, 0.2) is 0 Å². The Morgan fingerprint density at radius 2 is 2.17 bits per heavy atom. The van der Waals surface area contributed by atoms with Gasteiger partial charge in [0, 0.05) is 17.7 Å². The number of ether oxygens (including phenoxy) is 2. The number of aromatic nitrogens is 2. The number of fused-ring (bicyclic) bond motifs is 1. The number of aliphatic hydroxyl groups excluding tert-OH is 2. The fourth-order valence-corrected chi connectivity index (χ4v) is 2.88. The predicted octanol–water partition coefficient (Wildman–Crippen LogP) is 0.678. The van der Waals surface area contributed by atoms with Crippen LogP contribution in [0, 0.1) is 5.82 Å². The zero-order valence-electron chi connectivity index (χ0n) is 13.2. The monoisotopic (exact) mass is 337 g/mol. The molecule has 2 aromatic rings. The average molecular weight is 337 g/mol. The zero-order chi connectivity index (χ0) is 17.3. The molecule has 4 N–H and O–H groups in total. The van der Waals surface area contributed by atoms with Crippen molar-refractivity contribution in [3.8, 4) is 5.88 Å². The lowest BCUT2D eigenvalue weighted by atomic mass is 9.94. The van der Waals surface area contributed by atoms with E-state index in [1.54, 1.807) is 12.1 Å². The maximum Gasteiger partial charge on any atom is 0.213 e. The quantitative estimate of drug-likeness (QED) is 0.752. The Morgan fingerprint density at radius 1 is 1.38 bits per heavy atom. The molecule has 4 atom stereocenters. The second-order valence-corrected chi connectivity index (χ2v) is 5.89. The number of rotatable bonds is 4. The first-order chi connectivity index (χ1) is 11.5. The topological polar surface area (TPSA) is 111 Å². The van der Waals surface area contributed by atoms with Crippen LogP contribution >= 0.6 is 0 Å². The van der Waals surface area contributed by atoms with Crippen LogP contribution in [-0.2, 0) is 4.74 Å². The number of aliphatic hydroxyl groups is 2.